The van der Waals surface area contributed by atoms with Crippen LogP contribution in [-0.2, 0) is 0 Å². The molecule has 1 aliphatic rings. The number of anilines is 2. The lowest BCUT2D eigenvalue weighted by molar-refractivity contribution is 0.103. The molecular formula is C22H19F3N4O2S2. The van der Waals surface area contributed by atoms with E-state index in [1.165, 1.54) is 30.3 Å². The van der Waals surface area contributed by atoms with E-state index in [1.54, 1.807) is 0 Å². The van der Waals surface area contributed by atoms with Gasteiger partial charge in [0.2, 0.25) is 5.78 Å². The number of nitrogens with two attached hydrogens (primary N) is 1. The van der Waals surface area contributed by atoms with Crippen molar-refractivity contribution < 1.29 is 22.7 Å². The Kier molecular flexibility index (Phi) is 6.80. The number of thiocarbonyl (C=S) groups is 1. The molecule has 2 aromatic carbocycles. The van der Waals surface area contributed by atoms with Crippen LogP contribution >= 0.6 is 23.6 Å². The standard InChI is InChI=1S/C22H19F3N4O2S2/c23-12-4-6-14(7-5-12)31-22(32)29-10-8-13(9-11-29)27-21-28-20(26)19(33-21)18(30)17-15(24)2-1-3-16(17)25/h1-7,13H,8-11,26H2,(H,27,28). The van der Waals surface area contributed by atoms with Crippen molar-refractivity contribution in [3.8, 4) is 5.75 Å². The highest BCUT2D eigenvalue weighted by atomic mass is 32.1. The number of nitrogen functional groups attached to an aromatic ring is 1. The highest BCUT2D eigenvalue weighted by molar-refractivity contribution is 7.80. The van der Waals surface area contributed by atoms with Crippen molar-refractivity contribution in [2.45, 2.75) is 18.9 Å². The van der Waals surface area contributed by atoms with Gasteiger partial charge < -0.3 is 20.7 Å². The molecule has 6 nitrogen and oxygen atoms in total. The molecule has 0 aliphatic carbocycles. The number of aromatic nitrogens is 1. The van der Waals surface area contributed by atoms with Crippen molar-refractivity contribution in [1.29, 1.82) is 0 Å². The lowest BCUT2D eigenvalue weighted by Crippen LogP contribution is -2.43. The number of hydrogen-bond acceptors (Lipinski definition) is 7. The number of nitrogens with one attached hydrogen (secondary N) is 1. The van der Waals surface area contributed by atoms with Crippen LogP contribution in [0.25, 0.3) is 0 Å². The van der Waals surface area contributed by atoms with E-state index in [0.29, 0.717) is 42.0 Å². The van der Waals surface area contributed by atoms with Crippen LogP contribution in [0.15, 0.2) is 42.5 Å². The van der Waals surface area contributed by atoms with E-state index < -0.39 is 23.0 Å². The molecule has 1 aliphatic heterocycles. The first-order chi connectivity index (χ1) is 15.8. The second-order valence-electron chi connectivity index (χ2n) is 7.39. The largest absolute Gasteiger partial charge is 0.432 e. The van der Waals surface area contributed by atoms with Crippen LogP contribution in [-0.4, -0.2) is 40.0 Å². The summed E-state index contributed by atoms with van der Waals surface area (Å²) in [6.45, 7) is 1.23. The van der Waals surface area contributed by atoms with Crippen LogP contribution in [0.4, 0.5) is 24.1 Å². The minimum Gasteiger partial charge on any atom is -0.432 e. The molecule has 3 N–H and O–H groups in total. The topological polar surface area (TPSA) is 80.5 Å². The fraction of sp³-hybridized carbons (Fsp3) is 0.227. The summed E-state index contributed by atoms with van der Waals surface area (Å²) in [7, 11) is 0. The van der Waals surface area contributed by atoms with Gasteiger partial charge in [-0.25, -0.2) is 18.2 Å². The molecule has 1 fully saturated rings. The molecule has 1 saturated heterocycles. The molecule has 33 heavy (non-hydrogen) atoms. The number of benzene rings is 2. The Morgan fingerprint density at radius 3 is 2.39 bits per heavy atom. The summed E-state index contributed by atoms with van der Waals surface area (Å²) in [4.78, 5) is 18.7. The van der Waals surface area contributed by atoms with Gasteiger partial charge in [-0.1, -0.05) is 17.4 Å². The zero-order valence-corrected chi connectivity index (χ0v) is 18.8. The van der Waals surface area contributed by atoms with E-state index >= 15 is 0 Å². The molecule has 0 amide bonds. The van der Waals surface area contributed by atoms with Crippen LogP contribution in [0.3, 0.4) is 0 Å². The Hall–Kier alpha value is -3.18. The van der Waals surface area contributed by atoms with Crippen LogP contribution < -0.4 is 15.8 Å². The Morgan fingerprint density at radius 1 is 1.12 bits per heavy atom. The molecular weight excluding hydrogens is 473 g/mol. The number of carbonyl (C=O) groups is 1. The maximum atomic E-state index is 14.0. The lowest BCUT2D eigenvalue weighted by atomic mass is 10.1. The lowest BCUT2D eigenvalue weighted by Gasteiger charge is -2.33. The fourth-order valence-electron chi connectivity index (χ4n) is 3.43. The molecule has 0 spiro atoms. The molecule has 0 radical (unpaired) electrons. The number of ether oxygens (including phenoxy) is 1. The van der Waals surface area contributed by atoms with Gasteiger partial charge in [-0.3, -0.25) is 4.79 Å². The van der Waals surface area contributed by atoms with E-state index in [4.69, 9.17) is 22.7 Å². The Morgan fingerprint density at radius 2 is 1.76 bits per heavy atom. The van der Waals surface area contributed by atoms with E-state index in [9.17, 15) is 18.0 Å². The Balaban J connectivity index is 1.35. The number of hydrogen-bond donors (Lipinski definition) is 2. The predicted molar refractivity (Wildman–Crippen MR) is 124 cm³/mol. The van der Waals surface area contributed by atoms with Crippen molar-refractivity contribution in [1.82, 2.24) is 9.88 Å². The summed E-state index contributed by atoms with van der Waals surface area (Å²) in [6.07, 6.45) is 1.41. The van der Waals surface area contributed by atoms with Crippen molar-refractivity contribution in [2.75, 3.05) is 24.1 Å². The number of nitrogens with zero attached hydrogens (tertiary/aromatic N) is 2. The van der Waals surface area contributed by atoms with Gasteiger partial charge >= 0.3 is 0 Å². The summed E-state index contributed by atoms with van der Waals surface area (Å²) in [5.41, 5.74) is 5.21. The molecule has 172 valence electrons. The molecule has 0 atom stereocenters. The summed E-state index contributed by atoms with van der Waals surface area (Å²) >= 11 is 6.30. The Bertz CT molecular complexity index is 1160. The molecule has 0 saturated carbocycles. The SMILES string of the molecule is Nc1nc(NC2CCN(C(=S)Oc3ccc(F)cc3)CC2)sc1C(=O)c1c(F)cccc1F. The van der Waals surface area contributed by atoms with Crippen molar-refractivity contribution in [2.24, 2.45) is 0 Å². The van der Waals surface area contributed by atoms with E-state index in [0.717, 1.165) is 23.5 Å². The van der Waals surface area contributed by atoms with Gasteiger partial charge in [0, 0.05) is 19.1 Å². The molecule has 2 heterocycles. The van der Waals surface area contributed by atoms with Crippen molar-refractivity contribution >= 4 is 45.5 Å². The quantitative estimate of drug-likeness (QED) is 0.398. The first kappa shape index (κ1) is 23.0. The fourth-order valence-corrected chi connectivity index (χ4v) is 4.62. The van der Waals surface area contributed by atoms with Gasteiger partial charge in [0.25, 0.3) is 5.17 Å². The monoisotopic (exact) mass is 492 g/mol. The summed E-state index contributed by atoms with van der Waals surface area (Å²) in [6, 6.07) is 8.88. The van der Waals surface area contributed by atoms with Crippen LogP contribution in [0.1, 0.15) is 28.1 Å². The Labute approximate surface area is 197 Å². The number of ketones is 1. The molecule has 1 aromatic heterocycles. The van der Waals surface area contributed by atoms with Gasteiger partial charge in [0.15, 0.2) is 5.13 Å². The normalized spacial score (nSPS) is 14.2. The minimum absolute atomic E-state index is 0.0205. The number of halogens is 3. The highest BCUT2D eigenvalue weighted by Gasteiger charge is 2.26. The van der Waals surface area contributed by atoms with Crippen LogP contribution in [0.2, 0.25) is 0 Å². The third-order valence-corrected chi connectivity index (χ3v) is 6.49. The van der Waals surface area contributed by atoms with Gasteiger partial charge in [-0.05, 0) is 61.5 Å². The van der Waals surface area contributed by atoms with Crippen LogP contribution in [0, 0.1) is 17.5 Å². The molecule has 0 bridgehead atoms. The number of thiazole rings is 1. The van der Waals surface area contributed by atoms with Crippen molar-refractivity contribution in [3.05, 3.63) is 70.4 Å². The van der Waals surface area contributed by atoms with Gasteiger partial charge in [0.05, 0.1) is 5.56 Å². The number of piperidine rings is 1. The second kappa shape index (κ2) is 9.75. The van der Waals surface area contributed by atoms with Gasteiger partial charge in [-0.2, -0.15) is 0 Å². The third-order valence-electron chi connectivity index (χ3n) is 5.15. The molecule has 11 heteroatoms. The van der Waals surface area contributed by atoms with E-state index in [1.807, 2.05) is 4.90 Å². The zero-order chi connectivity index (χ0) is 23.5. The smallest absolute Gasteiger partial charge is 0.264 e. The maximum Gasteiger partial charge on any atom is 0.264 e. The zero-order valence-electron chi connectivity index (χ0n) is 17.2. The van der Waals surface area contributed by atoms with E-state index in [-0.39, 0.29) is 22.6 Å². The first-order valence-electron chi connectivity index (χ1n) is 10.1. The number of carbonyl (C=O) groups excluding carboxylic acids is 1. The van der Waals surface area contributed by atoms with Gasteiger partial charge in [-0.15, -0.1) is 0 Å². The number of likely N-dealkylation sites (tertiary alicyclic amines) is 1. The third kappa shape index (κ3) is 5.25. The predicted octanol–water partition coefficient (Wildman–Crippen LogP) is 4.61. The average molecular weight is 493 g/mol. The number of rotatable bonds is 5. The molecule has 0 unspecified atom stereocenters. The van der Waals surface area contributed by atoms with Crippen molar-refractivity contribution in [3.63, 3.8) is 0 Å². The maximum absolute atomic E-state index is 14.0. The van der Waals surface area contributed by atoms with E-state index in [2.05, 4.69) is 10.3 Å². The molecule has 3 aromatic rings. The molecule has 4 rings (SSSR count). The average Bonchev–Trinajstić information content (AvgIpc) is 3.15. The highest BCUT2D eigenvalue weighted by Crippen LogP contribution is 2.30. The first-order valence-corrected chi connectivity index (χ1v) is 11.3. The summed E-state index contributed by atoms with van der Waals surface area (Å²) in [5.74, 6) is -2.72. The second-order valence-corrected chi connectivity index (χ2v) is 8.74. The minimum atomic E-state index is -0.950. The van der Waals surface area contributed by atoms with Gasteiger partial charge in [0.1, 0.15) is 33.9 Å². The van der Waals surface area contributed by atoms with Crippen LogP contribution in [0.5, 0.6) is 5.75 Å². The summed E-state index contributed by atoms with van der Waals surface area (Å²) in [5, 5.41) is 3.93. The summed E-state index contributed by atoms with van der Waals surface area (Å²) < 4.78 is 46.6.